The maximum atomic E-state index is 13.4. The highest BCUT2D eigenvalue weighted by molar-refractivity contribution is 5.92. The van der Waals surface area contributed by atoms with Crippen LogP contribution < -0.4 is 4.74 Å². The zero-order valence-corrected chi connectivity index (χ0v) is 21.1. The largest absolute Gasteiger partial charge is 0.490 e. The first-order valence-electron chi connectivity index (χ1n) is 12.8. The quantitative estimate of drug-likeness (QED) is 0.594. The Morgan fingerprint density at radius 1 is 1.09 bits per heavy atom. The number of nitrogens with zero attached hydrogens (tertiary/aromatic N) is 4. The van der Waals surface area contributed by atoms with Crippen LogP contribution in [0.5, 0.6) is 5.75 Å². The van der Waals surface area contributed by atoms with Crippen molar-refractivity contribution in [3.05, 3.63) is 47.5 Å². The lowest BCUT2D eigenvalue weighted by Crippen LogP contribution is -2.50. The van der Waals surface area contributed by atoms with Crippen LogP contribution in [0.3, 0.4) is 0 Å². The number of hydrogen-bond acceptors (Lipinski definition) is 4. The Morgan fingerprint density at radius 2 is 1.80 bits per heavy atom. The van der Waals surface area contributed by atoms with Crippen molar-refractivity contribution in [3.63, 3.8) is 0 Å². The number of aryl methyl sites for hydroxylation is 1. The lowest BCUT2D eigenvalue weighted by molar-refractivity contribution is -0.134. The van der Waals surface area contributed by atoms with Crippen LogP contribution >= 0.6 is 0 Å². The summed E-state index contributed by atoms with van der Waals surface area (Å²) >= 11 is 0. The topological polar surface area (TPSA) is 67.7 Å². The van der Waals surface area contributed by atoms with E-state index in [1.807, 2.05) is 15.9 Å². The Kier molecular flexibility index (Phi) is 8.08. The normalized spacial score (nSPS) is 20.8. The zero-order chi connectivity index (χ0) is 24.9. The second-order valence-electron chi connectivity index (χ2n) is 10.3. The van der Waals surface area contributed by atoms with Gasteiger partial charge in [0.2, 0.25) is 5.91 Å². The van der Waals surface area contributed by atoms with Crippen molar-refractivity contribution in [1.82, 2.24) is 19.6 Å². The molecule has 190 valence electrons. The molecule has 2 aliphatic heterocycles. The molecule has 0 spiro atoms. The average molecular weight is 485 g/mol. The van der Waals surface area contributed by atoms with Crippen molar-refractivity contribution in [1.29, 1.82) is 0 Å². The number of amides is 2. The molecular weight excluding hydrogens is 447 g/mol. The number of hydrogen-bond donors (Lipinski definition) is 0. The maximum Gasteiger partial charge on any atom is 0.272 e. The van der Waals surface area contributed by atoms with Crippen LogP contribution in [0.25, 0.3) is 0 Å². The van der Waals surface area contributed by atoms with Crippen molar-refractivity contribution in [2.75, 3.05) is 26.2 Å². The minimum absolute atomic E-state index is 0.0642. The van der Waals surface area contributed by atoms with Gasteiger partial charge in [-0.3, -0.25) is 14.3 Å². The first-order chi connectivity index (χ1) is 16.8. The molecular formula is C27H37FN4O3. The van der Waals surface area contributed by atoms with Crippen LogP contribution in [0.2, 0.25) is 0 Å². The molecule has 0 radical (unpaired) electrons. The summed E-state index contributed by atoms with van der Waals surface area (Å²) in [5.74, 6) is 0.634. The third-order valence-electron chi connectivity index (χ3n) is 6.97. The molecule has 0 unspecified atom stereocenters. The highest BCUT2D eigenvalue weighted by Gasteiger charge is 2.36. The SMILES string of the molecule is CC(C)Cc1cc(C(=O)N2CC[C@H](Oc3ccc(F)cc3)[C@@H](CC(=O)N3CCCCC3)C2)n(C)n1. The molecule has 2 amide bonds. The van der Waals surface area contributed by atoms with Crippen molar-refractivity contribution in [2.24, 2.45) is 18.9 Å². The number of likely N-dealkylation sites (tertiary alicyclic amines) is 2. The Morgan fingerprint density at radius 3 is 2.49 bits per heavy atom. The lowest BCUT2D eigenvalue weighted by atomic mass is 9.90. The molecule has 8 heteroatoms. The number of ether oxygens (including phenoxy) is 1. The van der Waals surface area contributed by atoms with Gasteiger partial charge < -0.3 is 14.5 Å². The second kappa shape index (κ2) is 11.2. The molecule has 0 aliphatic carbocycles. The molecule has 3 heterocycles. The number of benzene rings is 1. The summed E-state index contributed by atoms with van der Waals surface area (Å²) in [4.78, 5) is 30.3. The van der Waals surface area contributed by atoms with Gasteiger partial charge in [-0.1, -0.05) is 13.8 Å². The minimum Gasteiger partial charge on any atom is -0.490 e. The van der Waals surface area contributed by atoms with Gasteiger partial charge in [-0.15, -0.1) is 0 Å². The molecule has 0 N–H and O–H groups in total. The summed E-state index contributed by atoms with van der Waals surface area (Å²) in [5.41, 5.74) is 1.48. The van der Waals surface area contributed by atoms with Gasteiger partial charge in [0.1, 0.15) is 23.4 Å². The monoisotopic (exact) mass is 484 g/mol. The molecule has 7 nitrogen and oxygen atoms in total. The number of piperidine rings is 2. The van der Waals surface area contributed by atoms with Crippen LogP contribution in [-0.4, -0.2) is 63.7 Å². The van der Waals surface area contributed by atoms with Crippen LogP contribution in [0.15, 0.2) is 30.3 Å². The molecule has 0 bridgehead atoms. The predicted octanol–water partition coefficient (Wildman–Crippen LogP) is 4.07. The fourth-order valence-electron chi connectivity index (χ4n) is 5.14. The van der Waals surface area contributed by atoms with Crippen LogP contribution in [0.1, 0.15) is 62.1 Å². The van der Waals surface area contributed by atoms with Crippen LogP contribution in [0, 0.1) is 17.7 Å². The number of aromatic nitrogens is 2. The van der Waals surface area contributed by atoms with Gasteiger partial charge in [0.25, 0.3) is 5.91 Å². The van der Waals surface area contributed by atoms with Gasteiger partial charge in [-0.05, 0) is 61.9 Å². The number of halogens is 1. The Bertz CT molecular complexity index is 1010. The molecule has 2 fully saturated rings. The molecule has 4 rings (SSSR count). The predicted molar refractivity (Wildman–Crippen MR) is 132 cm³/mol. The third-order valence-corrected chi connectivity index (χ3v) is 6.97. The summed E-state index contributed by atoms with van der Waals surface area (Å²) in [5, 5.41) is 4.53. The molecule has 2 saturated heterocycles. The standard InChI is InChI=1S/C27H37FN4O3/c1-19(2)15-22-17-24(30(3)29-22)27(34)32-14-11-25(35-23-9-7-21(28)8-10-23)20(18-32)16-26(33)31-12-5-4-6-13-31/h7-10,17,19-20,25H,4-6,11-16,18H2,1-3H3/t20-,25-/m0/s1. The van der Waals surface area contributed by atoms with E-state index in [4.69, 9.17) is 4.74 Å². The molecule has 0 saturated carbocycles. The Hall–Kier alpha value is -2.90. The van der Waals surface area contributed by atoms with Gasteiger partial charge in [0, 0.05) is 52.0 Å². The fraction of sp³-hybridized carbons (Fsp3) is 0.593. The smallest absolute Gasteiger partial charge is 0.272 e. The summed E-state index contributed by atoms with van der Waals surface area (Å²) < 4.78 is 21.3. The average Bonchev–Trinajstić information content (AvgIpc) is 3.20. The van der Waals surface area contributed by atoms with E-state index in [1.54, 1.807) is 23.9 Å². The van der Waals surface area contributed by atoms with E-state index in [2.05, 4.69) is 18.9 Å². The molecule has 1 aromatic carbocycles. The van der Waals surface area contributed by atoms with Gasteiger partial charge in [0.15, 0.2) is 0 Å². The molecule has 2 atom stereocenters. The summed E-state index contributed by atoms with van der Waals surface area (Å²) in [6.07, 6.45) is 4.78. The van der Waals surface area contributed by atoms with E-state index in [-0.39, 0.29) is 29.7 Å². The zero-order valence-electron chi connectivity index (χ0n) is 21.1. The highest BCUT2D eigenvalue weighted by atomic mass is 19.1. The molecule has 1 aromatic heterocycles. The van der Waals surface area contributed by atoms with E-state index in [9.17, 15) is 14.0 Å². The van der Waals surface area contributed by atoms with Crippen molar-refractivity contribution in [2.45, 2.75) is 58.5 Å². The summed E-state index contributed by atoms with van der Waals surface area (Å²) in [6, 6.07) is 7.86. The maximum absolute atomic E-state index is 13.4. The highest BCUT2D eigenvalue weighted by Crippen LogP contribution is 2.28. The van der Waals surface area contributed by atoms with Gasteiger partial charge >= 0.3 is 0 Å². The van der Waals surface area contributed by atoms with E-state index in [1.165, 1.54) is 12.1 Å². The first kappa shape index (κ1) is 25.2. The molecule has 35 heavy (non-hydrogen) atoms. The number of carbonyl (C=O) groups is 2. The fourth-order valence-corrected chi connectivity index (χ4v) is 5.14. The molecule has 2 aromatic rings. The van der Waals surface area contributed by atoms with Crippen molar-refractivity contribution < 1.29 is 18.7 Å². The van der Waals surface area contributed by atoms with Crippen LogP contribution in [-0.2, 0) is 18.3 Å². The Balaban J connectivity index is 1.49. The number of rotatable bonds is 7. The van der Waals surface area contributed by atoms with Gasteiger partial charge in [0.05, 0.1) is 5.69 Å². The summed E-state index contributed by atoms with van der Waals surface area (Å²) in [6.45, 7) is 6.83. The summed E-state index contributed by atoms with van der Waals surface area (Å²) in [7, 11) is 1.80. The third kappa shape index (κ3) is 6.41. The van der Waals surface area contributed by atoms with Crippen molar-refractivity contribution >= 4 is 11.8 Å². The number of carbonyl (C=O) groups excluding carboxylic acids is 2. The first-order valence-corrected chi connectivity index (χ1v) is 12.8. The van der Waals surface area contributed by atoms with Crippen LogP contribution in [0.4, 0.5) is 4.39 Å². The van der Waals surface area contributed by atoms with E-state index in [0.29, 0.717) is 43.3 Å². The molecule has 2 aliphatic rings. The minimum atomic E-state index is -0.317. The van der Waals surface area contributed by atoms with E-state index in [0.717, 1.165) is 44.5 Å². The van der Waals surface area contributed by atoms with Crippen molar-refractivity contribution in [3.8, 4) is 5.75 Å². The lowest BCUT2D eigenvalue weighted by Gasteiger charge is -2.39. The second-order valence-corrected chi connectivity index (χ2v) is 10.3. The van der Waals surface area contributed by atoms with E-state index >= 15 is 0 Å². The van der Waals surface area contributed by atoms with Gasteiger partial charge in [-0.2, -0.15) is 5.10 Å². The Labute approximate surface area is 207 Å². The van der Waals surface area contributed by atoms with E-state index < -0.39 is 0 Å². The van der Waals surface area contributed by atoms with Gasteiger partial charge in [-0.25, -0.2) is 4.39 Å².